The molecule has 7 nitrogen and oxygen atoms in total. The molecule has 1 unspecified atom stereocenters. The zero-order chi connectivity index (χ0) is 15.3. The molecule has 0 aliphatic rings. The molecule has 1 aromatic carbocycles. The van der Waals surface area contributed by atoms with E-state index >= 15 is 0 Å². The second kappa shape index (κ2) is 6.53. The number of rotatable bonds is 7. The van der Waals surface area contributed by atoms with Gasteiger partial charge in [0.1, 0.15) is 12.1 Å². The van der Waals surface area contributed by atoms with Crippen molar-refractivity contribution in [3.8, 4) is 5.75 Å². The highest BCUT2D eigenvalue weighted by atomic mass is 35.5. The highest BCUT2D eigenvalue weighted by Crippen LogP contribution is 2.34. The van der Waals surface area contributed by atoms with Crippen LogP contribution in [0, 0.1) is 10.1 Å². The Kier molecular flexibility index (Phi) is 5.29. The molecule has 0 aromatic heterocycles. The summed E-state index contributed by atoms with van der Waals surface area (Å²) in [7, 11) is 0. The molecule has 0 aliphatic carbocycles. The number of nitro benzene ring substituents is 1. The number of likely N-dealkylation sites (N-methyl/N-ethyl adjacent to an activating group) is 1. The Balaban J connectivity index is 2.99. The summed E-state index contributed by atoms with van der Waals surface area (Å²) >= 11 is 5.89. The van der Waals surface area contributed by atoms with Gasteiger partial charge in [0.05, 0.1) is 9.95 Å². The van der Waals surface area contributed by atoms with Crippen LogP contribution in [-0.2, 0) is 4.79 Å². The topological polar surface area (TPSA) is 107 Å². The summed E-state index contributed by atoms with van der Waals surface area (Å²) in [6, 6.07) is 4.19. The minimum absolute atomic E-state index is 0.0791. The lowest BCUT2D eigenvalue weighted by Gasteiger charge is -2.26. The second-order valence-corrected chi connectivity index (χ2v) is 4.77. The summed E-state index contributed by atoms with van der Waals surface area (Å²) in [5.74, 6) is -0.696. The largest absolute Gasteiger partial charge is 0.483 e. The predicted octanol–water partition coefficient (Wildman–Crippen LogP) is 1.48. The van der Waals surface area contributed by atoms with Crippen molar-refractivity contribution in [1.82, 2.24) is 5.32 Å². The molecule has 3 N–H and O–H groups in total. The summed E-state index contributed by atoms with van der Waals surface area (Å²) in [5, 5.41) is 13.9. The zero-order valence-corrected chi connectivity index (χ0v) is 11.9. The number of hydrogen-bond acceptors (Lipinski definition) is 5. The molecule has 0 aliphatic heterocycles. The standard InChI is InChI=1S/C12H16ClN3O4/c1-3-15-12(2,11(14)17)7-20-10-8(13)5-4-6-9(10)16(18)19/h4-6,15H,3,7H2,1-2H3,(H2,14,17). The van der Waals surface area contributed by atoms with Gasteiger partial charge < -0.3 is 15.8 Å². The minimum atomic E-state index is -1.14. The van der Waals surface area contributed by atoms with Gasteiger partial charge >= 0.3 is 5.69 Å². The van der Waals surface area contributed by atoms with Gasteiger partial charge in [-0.1, -0.05) is 24.6 Å². The first-order valence-electron chi connectivity index (χ1n) is 5.92. The molecular formula is C12H16ClN3O4. The second-order valence-electron chi connectivity index (χ2n) is 4.36. The maximum absolute atomic E-state index is 11.4. The number of benzene rings is 1. The van der Waals surface area contributed by atoms with Crippen LogP contribution in [0.4, 0.5) is 5.69 Å². The van der Waals surface area contributed by atoms with Crippen LogP contribution in [0.5, 0.6) is 5.75 Å². The van der Waals surface area contributed by atoms with Crippen LogP contribution in [0.15, 0.2) is 18.2 Å². The van der Waals surface area contributed by atoms with Gasteiger partial charge in [0.15, 0.2) is 0 Å². The Labute approximate surface area is 121 Å². The Bertz CT molecular complexity index is 523. The van der Waals surface area contributed by atoms with E-state index < -0.39 is 16.4 Å². The number of halogens is 1. The van der Waals surface area contributed by atoms with Gasteiger partial charge in [-0.3, -0.25) is 14.9 Å². The van der Waals surface area contributed by atoms with Gasteiger partial charge in [-0.05, 0) is 19.5 Å². The molecule has 8 heteroatoms. The number of nitro groups is 1. The number of carbonyl (C=O) groups is 1. The van der Waals surface area contributed by atoms with Crippen molar-refractivity contribution < 1.29 is 14.5 Å². The summed E-state index contributed by atoms with van der Waals surface area (Å²) < 4.78 is 5.37. The lowest BCUT2D eigenvalue weighted by Crippen LogP contribution is -2.57. The lowest BCUT2D eigenvalue weighted by atomic mass is 10.0. The fraction of sp³-hybridized carbons (Fsp3) is 0.417. The predicted molar refractivity (Wildman–Crippen MR) is 74.9 cm³/mol. The van der Waals surface area contributed by atoms with Crippen LogP contribution in [0.25, 0.3) is 0 Å². The van der Waals surface area contributed by atoms with E-state index in [0.717, 1.165) is 0 Å². The first-order chi connectivity index (χ1) is 9.31. The average Bonchev–Trinajstić information content (AvgIpc) is 2.37. The maximum atomic E-state index is 11.4. The molecule has 0 radical (unpaired) electrons. The van der Waals surface area contributed by atoms with Crippen LogP contribution in [0.1, 0.15) is 13.8 Å². The Hall–Kier alpha value is -1.86. The van der Waals surface area contributed by atoms with Crippen LogP contribution in [-0.4, -0.2) is 29.5 Å². The fourth-order valence-electron chi connectivity index (χ4n) is 1.60. The third-order valence-corrected chi connectivity index (χ3v) is 3.06. The summed E-state index contributed by atoms with van der Waals surface area (Å²) in [6.45, 7) is 3.69. The number of ether oxygens (including phenoxy) is 1. The van der Waals surface area contributed by atoms with Crippen molar-refractivity contribution in [2.75, 3.05) is 13.2 Å². The minimum Gasteiger partial charge on any atom is -0.483 e. The van der Waals surface area contributed by atoms with E-state index in [-0.39, 0.29) is 23.1 Å². The normalized spacial score (nSPS) is 13.6. The average molecular weight is 302 g/mol. The van der Waals surface area contributed by atoms with Crippen molar-refractivity contribution in [1.29, 1.82) is 0 Å². The van der Waals surface area contributed by atoms with Crippen molar-refractivity contribution in [3.05, 3.63) is 33.3 Å². The van der Waals surface area contributed by atoms with E-state index in [1.54, 1.807) is 13.8 Å². The summed E-state index contributed by atoms with van der Waals surface area (Å²) in [5.41, 5.74) is 3.91. The van der Waals surface area contributed by atoms with E-state index in [1.165, 1.54) is 18.2 Å². The highest BCUT2D eigenvalue weighted by Gasteiger charge is 2.32. The van der Waals surface area contributed by atoms with Gasteiger partial charge in [0, 0.05) is 6.07 Å². The van der Waals surface area contributed by atoms with Gasteiger partial charge in [0.25, 0.3) is 0 Å². The molecule has 0 bridgehead atoms. The quantitative estimate of drug-likeness (QED) is 0.586. The number of nitrogens with two attached hydrogens (primary N) is 1. The Morgan fingerprint density at radius 1 is 1.60 bits per heavy atom. The smallest absolute Gasteiger partial charge is 0.312 e. The fourth-order valence-corrected chi connectivity index (χ4v) is 1.82. The monoisotopic (exact) mass is 301 g/mol. The van der Waals surface area contributed by atoms with Gasteiger partial charge in [-0.2, -0.15) is 0 Å². The molecule has 0 saturated carbocycles. The van der Waals surface area contributed by atoms with Gasteiger partial charge in [-0.25, -0.2) is 0 Å². The van der Waals surface area contributed by atoms with E-state index in [4.69, 9.17) is 22.1 Å². The first kappa shape index (κ1) is 16.2. The number of para-hydroxylation sites is 1. The molecular weight excluding hydrogens is 286 g/mol. The highest BCUT2D eigenvalue weighted by molar-refractivity contribution is 6.32. The molecule has 1 atom stereocenters. The number of nitrogens with one attached hydrogen (secondary N) is 1. The summed E-state index contributed by atoms with van der Waals surface area (Å²) in [6.07, 6.45) is 0. The molecule has 20 heavy (non-hydrogen) atoms. The van der Waals surface area contributed by atoms with Crippen LogP contribution in [0.3, 0.4) is 0 Å². The number of hydrogen-bond donors (Lipinski definition) is 2. The molecule has 1 amide bonds. The van der Waals surface area contributed by atoms with Crippen LogP contribution in [0.2, 0.25) is 5.02 Å². The van der Waals surface area contributed by atoms with Crippen molar-refractivity contribution in [2.45, 2.75) is 19.4 Å². The SMILES string of the molecule is CCNC(C)(COc1c(Cl)cccc1[N+](=O)[O-])C(N)=O. The Morgan fingerprint density at radius 3 is 2.75 bits per heavy atom. The van der Waals surface area contributed by atoms with E-state index in [9.17, 15) is 14.9 Å². The first-order valence-corrected chi connectivity index (χ1v) is 6.30. The van der Waals surface area contributed by atoms with E-state index in [1.807, 2.05) is 0 Å². The molecule has 0 spiro atoms. The molecule has 1 aromatic rings. The number of nitrogens with zero attached hydrogens (tertiary/aromatic N) is 1. The summed E-state index contributed by atoms with van der Waals surface area (Å²) in [4.78, 5) is 21.8. The van der Waals surface area contributed by atoms with E-state index in [0.29, 0.717) is 6.54 Å². The van der Waals surface area contributed by atoms with Crippen LogP contribution >= 0.6 is 11.6 Å². The Morgan fingerprint density at radius 2 is 2.25 bits per heavy atom. The molecule has 110 valence electrons. The third kappa shape index (κ3) is 3.58. The number of primary amides is 1. The third-order valence-electron chi connectivity index (χ3n) is 2.76. The maximum Gasteiger partial charge on any atom is 0.312 e. The molecule has 0 fully saturated rings. The number of carbonyl (C=O) groups excluding carboxylic acids is 1. The van der Waals surface area contributed by atoms with E-state index in [2.05, 4.69) is 5.32 Å². The molecule has 1 rings (SSSR count). The van der Waals surface area contributed by atoms with Gasteiger partial charge in [0.2, 0.25) is 11.7 Å². The van der Waals surface area contributed by atoms with Crippen molar-refractivity contribution >= 4 is 23.2 Å². The van der Waals surface area contributed by atoms with Crippen LogP contribution < -0.4 is 15.8 Å². The van der Waals surface area contributed by atoms with Crippen molar-refractivity contribution in [3.63, 3.8) is 0 Å². The number of amides is 1. The van der Waals surface area contributed by atoms with Gasteiger partial charge in [-0.15, -0.1) is 0 Å². The molecule has 0 saturated heterocycles. The van der Waals surface area contributed by atoms with Crippen molar-refractivity contribution in [2.24, 2.45) is 5.73 Å². The molecule has 0 heterocycles. The zero-order valence-electron chi connectivity index (χ0n) is 11.2. The lowest BCUT2D eigenvalue weighted by molar-refractivity contribution is -0.385.